The zero-order valence-electron chi connectivity index (χ0n) is 9.10. The van der Waals surface area contributed by atoms with Gasteiger partial charge in [0.05, 0.1) is 12.0 Å². The van der Waals surface area contributed by atoms with Gasteiger partial charge in [0.1, 0.15) is 5.78 Å². The first-order valence-electron chi connectivity index (χ1n) is 4.89. The Morgan fingerprint density at radius 3 is 2.60 bits per heavy atom. The normalized spacial score (nSPS) is 12.4. The van der Waals surface area contributed by atoms with E-state index in [0.717, 1.165) is 5.56 Å². The molecule has 1 atom stereocenters. The van der Waals surface area contributed by atoms with E-state index in [2.05, 4.69) is 0 Å². The molecule has 82 valence electrons. The second kappa shape index (κ2) is 6.64. The van der Waals surface area contributed by atoms with Crippen LogP contribution >= 0.6 is 11.8 Å². The Labute approximate surface area is 95.0 Å². The number of Topliss-reactive ketones (excluding diaryl/α,β-unsaturated/α-hetero) is 1. The molecule has 2 nitrogen and oxygen atoms in total. The lowest BCUT2D eigenvalue weighted by molar-refractivity contribution is -0.119. The monoisotopic (exact) mass is 224 g/mol. The van der Waals surface area contributed by atoms with Gasteiger partial charge in [0.25, 0.3) is 0 Å². The predicted molar refractivity (Wildman–Crippen MR) is 63.9 cm³/mol. The number of carbonyl (C=O) groups excluding carboxylic acids is 1. The average Bonchev–Trinajstić information content (AvgIpc) is 2.25. The van der Waals surface area contributed by atoms with Crippen molar-refractivity contribution in [2.75, 3.05) is 12.2 Å². The summed E-state index contributed by atoms with van der Waals surface area (Å²) in [5, 5.41) is 0. The van der Waals surface area contributed by atoms with Crippen molar-refractivity contribution in [3.63, 3.8) is 0 Å². The van der Waals surface area contributed by atoms with E-state index >= 15 is 0 Å². The van der Waals surface area contributed by atoms with Crippen LogP contribution in [0.2, 0.25) is 0 Å². The molecule has 1 aromatic carbocycles. The van der Waals surface area contributed by atoms with Crippen molar-refractivity contribution in [2.45, 2.75) is 19.4 Å². The van der Waals surface area contributed by atoms with Crippen LogP contribution in [0.5, 0.6) is 0 Å². The van der Waals surface area contributed by atoms with Crippen molar-refractivity contribution in [1.82, 2.24) is 0 Å². The Balaban J connectivity index is 2.67. The molecule has 3 heteroatoms. The Morgan fingerprint density at radius 2 is 2.07 bits per heavy atom. The minimum absolute atomic E-state index is 0.101. The maximum Gasteiger partial charge on any atom is 0.132 e. The average molecular weight is 224 g/mol. The number of hydrogen-bond acceptors (Lipinski definition) is 3. The zero-order chi connectivity index (χ0) is 11.1. The van der Waals surface area contributed by atoms with Crippen molar-refractivity contribution in [3.8, 4) is 0 Å². The van der Waals surface area contributed by atoms with Crippen molar-refractivity contribution < 1.29 is 9.53 Å². The van der Waals surface area contributed by atoms with E-state index in [1.165, 1.54) is 0 Å². The summed E-state index contributed by atoms with van der Waals surface area (Å²) in [7, 11) is 0. The molecule has 1 unspecified atom stereocenters. The van der Waals surface area contributed by atoms with Crippen LogP contribution < -0.4 is 0 Å². The summed E-state index contributed by atoms with van der Waals surface area (Å²) in [6, 6.07) is 9.88. The summed E-state index contributed by atoms with van der Waals surface area (Å²) in [4.78, 5) is 11.1. The fourth-order valence-electron chi connectivity index (χ4n) is 1.35. The molecule has 0 radical (unpaired) electrons. The highest BCUT2D eigenvalue weighted by molar-refractivity contribution is 7.98. The minimum Gasteiger partial charge on any atom is -0.362 e. The Morgan fingerprint density at radius 1 is 1.40 bits per heavy atom. The molecule has 0 saturated carbocycles. The van der Waals surface area contributed by atoms with Crippen LogP contribution in [0.15, 0.2) is 30.3 Å². The maximum atomic E-state index is 11.1. The zero-order valence-corrected chi connectivity index (χ0v) is 9.92. The molecule has 1 rings (SSSR count). The summed E-state index contributed by atoms with van der Waals surface area (Å²) in [6.45, 7) is 1.60. The molecule has 0 aromatic heterocycles. The third kappa shape index (κ3) is 4.49. The molecule has 0 heterocycles. The van der Waals surface area contributed by atoms with Crippen LogP contribution in [0.4, 0.5) is 0 Å². The van der Waals surface area contributed by atoms with Crippen LogP contribution in [-0.4, -0.2) is 18.0 Å². The highest BCUT2D eigenvalue weighted by Crippen LogP contribution is 2.22. The van der Waals surface area contributed by atoms with Gasteiger partial charge in [-0.1, -0.05) is 30.3 Å². The number of ether oxygens (including phenoxy) is 1. The maximum absolute atomic E-state index is 11.1. The lowest BCUT2D eigenvalue weighted by Crippen LogP contribution is -2.08. The van der Waals surface area contributed by atoms with Gasteiger partial charge in [0, 0.05) is 6.42 Å². The van der Waals surface area contributed by atoms with Gasteiger partial charge < -0.3 is 4.74 Å². The van der Waals surface area contributed by atoms with Crippen molar-refractivity contribution in [3.05, 3.63) is 35.9 Å². The first kappa shape index (κ1) is 12.3. The number of thioether (sulfide) groups is 1. The van der Waals surface area contributed by atoms with Crippen molar-refractivity contribution in [1.29, 1.82) is 0 Å². The predicted octanol–water partition coefficient (Wildman–Crippen LogP) is 3.04. The topological polar surface area (TPSA) is 26.3 Å². The number of hydrogen-bond donors (Lipinski definition) is 0. The third-order valence-corrected chi connectivity index (χ3v) is 2.40. The number of carbonyl (C=O) groups is 1. The fraction of sp³-hybridized carbons (Fsp3) is 0.417. The number of rotatable bonds is 6. The summed E-state index contributed by atoms with van der Waals surface area (Å²) in [6.07, 6.45) is 2.33. The molecule has 0 spiro atoms. The first-order valence-corrected chi connectivity index (χ1v) is 6.28. The van der Waals surface area contributed by atoms with E-state index in [0.29, 0.717) is 12.4 Å². The van der Waals surface area contributed by atoms with Crippen LogP contribution in [0.25, 0.3) is 0 Å². The molecule has 0 aliphatic rings. The Hall–Kier alpha value is -0.800. The highest BCUT2D eigenvalue weighted by Gasteiger charge is 2.13. The van der Waals surface area contributed by atoms with E-state index in [-0.39, 0.29) is 11.9 Å². The number of benzene rings is 1. The standard InChI is InChI=1S/C12H16O2S/c1-10(13)8-12(14-9-15-2)11-6-4-3-5-7-11/h3-7,12H,8-9H2,1-2H3. The van der Waals surface area contributed by atoms with E-state index in [1.54, 1.807) is 18.7 Å². The van der Waals surface area contributed by atoms with Gasteiger partial charge >= 0.3 is 0 Å². The quantitative estimate of drug-likeness (QED) is 0.695. The second-order valence-electron chi connectivity index (χ2n) is 3.38. The molecule has 15 heavy (non-hydrogen) atoms. The smallest absolute Gasteiger partial charge is 0.132 e. The van der Waals surface area contributed by atoms with Gasteiger partial charge in [-0.25, -0.2) is 0 Å². The molecular weight excluding hydrogens is 208 g/mol. The number of ketones is 1. The van der Waals surface area contributed by atoms with Crippen LogP contribution in [-0.2, 0) is 9.53 Å². The fourth-order valence-corrected chi connectivity index (χ4v) is 1.65. The first-order chi connectivity index (χ1) is 7.24. The van der Waals surface area contributed by atoms with Gasteiger partial charge in [0.2, 0.25) is 0 Å². The molecule has 0 aliphatic carbocycles. The minimum atomic E-state index is -0.101. The van der Waals surface area contributed by atoms with Gasteiger partial charge in [-0.2, -0.15) is 0 Å². The van der Waals surface area contributed by atoms with E-state index < -0.39 is 0 Å². The van der Waals surface area contributed by atoms with Crippen molar-refractivity contribution >= 4 is 17.5 Å². The van der Waals surface area contributed by atoms with E-state index in [1.807, 2.05) is 36.6 Å². The van der Waals surface area contributed by atoms with Crippen LogP contribution in [0.3, 0.4) is 0 Å². The summed E-state index contributed by atoms with van der Waals surface area (Å²) in [5.41, 5.74) is 1.07. The summed E-state index contributed by atoms with van der Waals surface area (Å²) >= 11 is 1.62. The molecule has 0 saturated heterocycles. The molecule has 1 aromatic rings. The van der Waals surface area contributed by atoms with Gasteiger partial charge in [-0.15, -0.1) is 11.8 Å². The molecular formula is C12H16O2S. The second-order valence-corrected chi connectivity index (χ2v) is 4.19. The van der Waals surface area contributed by atoms with Gasteiger partial charge in [-0.05, 0) is 18.7 Å². The summed E-state index contributed by atoms with van der Waals surface area (Å²) < 4.78 is 5.63. The lowest BCUT2D eigenvalue weighted by atomic mass is 10.1. The third-order valence-electron chi connectivity index (χ3n) is 2.03. The van der Waals surface area contributed by atoms with E-state index in [4.69, 9.17) is 4.74 Å². The van der Waals surface area contributed by atoms with Gasteiger partial charge in [0.15, 0.2) is 0 Å². The lowest BCUT2D eigenvalue weighted by Gasteiger charge is -2.16. The molecule has 0 fully saturated rings. The van der Waals surface area contributed by atoms with Gasteiger partial charge in [-0.3, -0.25) is 4.79 Å². The molecule has 0 aliphatic heterocycles. The molecule has 0 bridgehead atoms. The van der Waals surface area contributed by atoms with Crippen molar-refractivity contribution in [2.24, 2.45) is 0 Å². The Kier molecular flexibility index (Phi) is 5.43. The van der Waals surface area contributed by atoms with Crippen LogP contribution in [0, 0.1) is 0 Å². The van der Waals surface area contributed by atoms with E-state index in [9.17, 15) is 4.79 Å². The highest BCUT2D eigenvalue weighted by atomic mass is 32.2. The van der Waals surface area contributed by atoms with Crippen LogP contribution in [0.1, 0.15) is 25.0 Å². The molecule has 0 amide bonds. The SMILES string of the molecule is CSCOC(CC(C)=O)c1ccccc1. The molecule has 0 N–H and O–H groups in total. The largest absolute Gasteiger partial charge is 0.362 e. The summed E-state index contributed by atoms with van der Waals surface area (Å²) in [5.74, 6) is 0.775. The Bertz CT molecular complexity index is 298.